The summed E-state index contributed by atoms with van der Waals surface area (Å²) in [6.45, 7) is 0.813. The Morgan fingerprint density at radius 2 is 1.78 bits per heavy atom. The Balaban J connectivity index is 1.53. The molecule has 0 radical (unpaired) electrons. The predicted molar refractivity (Wildman–Crippen MR) is 108 cm³/mol. The van der Waals surface area contributed by atoms with E-state index >= 15 is 0 Å². The Morgan fingerprint density at radius 3 is 2.52 bits per heavy atom. The standard InChI is InChI=1S/C23H27N3O/c1-26(2)22(20-9-5-6-15-24-20)11-13-23(14-12-22)21-18(10-16-27-23)17-7-3-4-8-19(17)25-21/h3-9,15,25H,10-14,16H2,1-2H3. The first kappa shape index (κ1) is 17.0. The second kappa shape index (κ2) is 6.18. The number of benzene rings is 1. The number of pyridine rings is 1. The van der Waals surface area contributed by atoms with Crippen LogP contribution >= 0.6 is 0 Å². The lowest BCUT2D eigenvalue weighted by atomic mass is 9.69. The van der Waals surface area contributed by atoms with Crippen LogP contribution in [0.2, 0.25) is 0 Å². The monoisotopic (exact) mass is 361 g/mol. The van der Waals surface area contributed by atoms with E-state index in [1.807, 2.05) is 12.3 Å². The Labute approximate surface area is 160 Å². The number of H-pyrrole nitrogens is 1. The van der Waals surface area contributed by atoms with Crippen molar-refractivity contribution in [3.63, 3.8) is 0 Å². The zero-order chi connectivity index (χ0) is 18.5. The van der Waals surface area contributed by atoms with Crippen molar-refractivity contribution in [1.29, 1.82) is 0 Å². The molecule has 1 aromatic carbocycles. The number of ether oxygens (including phenoxy) is 1. The van der Waals surface area contributed by atoms with Crippen LogP contribution in [0.4, 0.5) is 0 Å². The maximum atomic E-state index is 6.50. The van der Waals surface area contributed by atoms with E-state index in [2.05, 4.69) is 60.4 Å². The van der Waals surface area contributed by atoms with Crippen LogP contribution < -0.4 is 0 Å². The van der Waals surface area contributed by atoms with Gasteiger partial charge in [0.15, 0.2) is 0 Å². The van der Waals surface area contributed by atoms with Gasteiger partial charge in [-0.25, -0.2) is 0 Å². The van der Waals surface area contributed by atoms with Crippen LogP contribution in [-0.4, -0.2) is 35.6 Å². The molecule has 1 aliphatic carbocycles. The van der Waals surface area contributed by atoms with Crippen molar-refractivity contribution >= 4 is 10.9 Å². The largest absolute Gasteiger partial charge is 0.368 e. The van der Waals surface area contributed by atoms with E-state index in [4.69, 9.17) is 9.72 Å². The molecule has 140 valence electrons. The topological polar surface area (TPSA) is 41.2 Å². The quantitative estimate of drug-likeness (QED) is 0.737. The van der Waals surface area contributed by atoms with Crippen molar-refractivity contribution < 1.29 is 4.74 Å². The van der Waals surface area contributed by atoms with Gasteiger partial charge in [0.1, 0.15) is 5.60 Å². The van der Waals surface area contributed by atoms with Gasteiger partial charge in [-0.3, -0.25) is 9.88 Å². The fourth-order valence-corrected chi connectivity index (χ4v) is 5.30. The molecule has 1 fully saturated rings. The molecule has 27 heavy (non-hydrogen) atoms. The highest BCUT2D eigenvalue weighted by Gasteiger charge is 2.49. The minimum Gasteiger partial charge on any atom is -0.368 e. The maximum Gasteiger partial charge on any atom is 0.108 e. The average molecular weight is 361 g/mol. The van der Waals surface area contributed by atoms with Gasteiger partial charge in [-0.2, -0.15) is 0 Å². The van der Waals surface area contributed by atoms with E-state index in [9.17, 15) is 0 Å². The highest BCUT2D eigenvalue weighted by molar-refractivity contribution is 5.85. The number of aromatic nitrogens is 2. The lowest BCUT2D eigenvalue weighted by Crippen LogP contribution is -2.50. The maximum absolute atomic E-state index is 6.50. The molecule has 1 aliphatic heterocycles. The summed E-state index contributed by atoms with van der Waals surface area (Å²) in [7, 11) is 4.37. The minimum atomic E-state index is -0.180. The number of hydrogen-bond donors (Lipinski definition) is 1. The first-order valence-corrected chi connectivity index (χ1v) is 9.98. The Bertz CT molecular complexity index is 952. The normalized spacial score (nSPS) is 28.0. The molecule has 0 unspecified atom stereocenters. The molecule has 0 atom stereocenters. The number of rotatable bonds is 2. The van der Waals surface area contributed by atoms with Gasteiger partial charge in [0, 0.05) is 17.1 Å². The molecule has 1 N–H and O–H groups in total. The van der Waals surface area contributed by atoms with Gasteiger partial charge in [0.2, 0.25) is 0 Å². The second-order valence-corrected chi connectivity index (χ2v) is 8.26. The highest BCUT2D eigenvalue weighted by atomic mass is 16.5. The Kier molecular flexibility index (Phi) is 3.88. The number of fused-ring (bicyclic) bond motifs is 4. The van der Waals surface area contributed by atoms with Crippen LogP contribution in [0.15, 0.2) is 48.7 Å². The first-order chi connectivity index (χ1) is 13.1. The van der Waals surface area contributed by atoms with Crippen molar-refractivity contribution in [2.45, 2.75) is 43.2 Å². The summed E-state index contributed by atoms with van der Waals surface area (Å²) in [6.07, 6.45) is 7.04. The highest BCUT2D eigenvalue weighted by Crippen LogP contribution is 2.52. The molecule has 0 amide bonds. The Hall–Kier alpha value is -2.17. The van der Waals surface area contributed by atoms with Gasteiger partial charge in [-0.15, -0.1) is 0 Å². The van der Waals surface area contributed by atoms with E-state index in [1.54, 1.807) is 0 Å². The molecule has 4 nitrogen and oxygen atoms in total. The molecule has 4 heteroatoms. The van der Waals surface area contributed by atoms with Crippen molar-refractivity contribution in [3.8, 4) is 0 Å². The van der Waals surface area contributed by atoms with E-state index in [1.165, 1.54) is 27.9 Å². The molecule has 2 aliphatic rings. The van der Waals surface area contributed by atoms with Crippen LogP contribution in [0, 0.1) is 0 Å². The fourth-order valence-electron chi connectivity index (χ4n) is 5.30. The van der Waals surface area contributed by atoms with E-state index in [0.717, 1.165) is 38.7 Å². The molecule has 5 rings (SSSR count). The van der Waals surface area contributed by atoms with Crippen LogP contribution in [-0.2, 0) is 22.3 Å². The third kappa shape index (κ3) is 2.47. The first-order valence-electron chi connectivity index (χ1n) is 9.98. The number of aromatic amines is 1. The van der Waals surface area contributed by atoms with Gasteiger partial charge < -0.3 is 9.72 Å². The van der Waals surface area contributed by atoms with E-state index in [0.29, 0.717) is 0 Å². The number of nitrogens with one attached hydrogen (secondary N) is 1. The lowest BCUT2D eigenvalue weighted by molar-refractivity contribution is -0.114. The zero-order valence-corrected chi connectivity index (χ0v) is 16.2. The number of para-hydroxylation sites is 1. The fraction of sp³-hybridized carbons (Fsp3) is 0.435. The summed E-state index contributed by atoms with van der Waals surface area (Å²) in [5, 5.41) is 1.37. The second-order valence-electron chi connectivity index (χ2n) is 8.26. The summed E-state index contributed by atoms with van der Waals surface area (Å²) in [4.78, 5) is 10.8. The van der Waals surface area contributed by atoms with Gasteiger partial charge >= 0.3 is 0 Å². The van der Waals surface area contributed by atoms with E-state index < -0.39 is 0 Å². The molecular weight excluding hydrogens is 334 g/mol. The van der Waals surface area contributed by atoms with Crippen molar-refractivity contribution in [2.75, 3.05) is 20.7 Å². The van der Waals surface area contributed by atoms with Crippen LogP contribution in [0.3, 0.4) is 0 Å². The summed E-state index contributed by atoms with van der Waals surface area (Å²) in [5.41, 5.74) is 5.01. The molecule has 3 aromatic rings. The molecule has 0 saturated heterocycles. The van der Waals surface area contributed by atoms with E-state index in [-0.39, 0.29) is 11.1 Å². The predicted octanol–water partition coefficient (Wildman–Crippen LogP) is 4.36. The SMILES string of the molecule is CN(C)C1(c2ccccn2)CCC2(CC1)OCCc1c2[nH]c2ccccc12. The molecule has 3 heterocycles. The molecule has 1 spiro atoms. The molecule has 0 bridgehead atoms. The average Bonchev–Trinajstić information content (AvgIpc) is 3.10. The van der Waals surface area contributed by atoms with Gasteiger partial charge in [-0.1, -0.05) is 24.3 Å². The zero-order valence-electron chi connectivity index (χ0n) is 16.2. The van der Waals surface area contributed by atoms with Crippen molar-refractivity contribution in [2.24, 2.45) is 0 Å². The van der Waals surface area contributed by atoms with Crippen molar-refractivity contribution in [3.05, 3.63) is 65.6 Å². The summed E-state index contributed by atoms with van der Waals surface area (Å²) < 4.78 is 6.50. The van der Waals surface area contributed by atoms with Crippen LogP contribution in [0.5, 0.6) is 0 Å². The van der Waals surface area contributed by atoms with Gasteiger partial charge in [-0.05, 0) is 70.0 Å². The number of hydrogen-bond acceptors (Lipinski definition) is 3. The minimum absolute atomic E-state index is 0.0144. The molecule has 1 saturated carbocycles. The third-order valence-corrected chi connectivity index (χ3v) is 6.88. The molecule has 2 aromatic heterocycles. The smallest absolute Gasteiger partial charge is 0.108 e. The lowest BCUT2D eigenvalue weighted by Gasteiger charge is -2.50. The van der Waals surface area contributed by atoms with Crippen LogP contribution in [0.25, 0.3) is 10.9 Å². The number of nitrogens with zero attached hydrogens (tertiary/aromatic N) is 2. The summed E-state index contributed by atoms with van der Waals surface area (Å²) in [5.74, 6) is 0. The summed E-state index contributed by atoms with van der Waals surface area (Å²) in [6, 6.07) is 14.9. The van der Waals surface area contributed by atoms with Crippen molar-refractivity contribution in [1.82, 2.24) is 14.9 Å². The Morgan fingerprint density at radius 1 is 1.00 bits per heavy atom. The molecular formula is C23H27N3O. The van der Waals surface area contributed by atoms with Gasteiger partial charge in [0.25, 0.3) is 0 Å². The third-order valence-electron chi connectivity index (χ3n) is 6.88. The summed E-state index contributed by atoms with van der Waals surface area (Å²) >= 11 is 0. The van der Waals surface area contributed by atoms with Gasteiger partial charge in [0.05, 0.1) is 23.5 Å². The van der Waals surface area contributed by atoms with Crippen LogP contribution in [0.1, 0.15) is 42.6 Å².